The Hall–Kier alpha value is -3.30. The molecular weight excluding hydrogens is 486 g/mol. The molecule has 38 heavy (non-hydrogen) atoms. The third-order valence-electron chi connectivity index (χ3n) is 7.62. The van der Waals surface area contributed by atoms with E-state index in [-0.39, 0.29) is 42.3 Å². The Bertz CT molecular complexity index is 1070. The molecule has 1 heterocycles. The van der Waals surface area contributed by atoms with E-state index < -0.39 is 29.6 Å². The summed E-state index contributed by atoms with van der Waals surface area (Å²) in [5, 5.41) is 19.0. The van der Waals surface area contributed by atoms with E-state index in [1.54, 1.807) is 6.92 Å². The third-order valence-corrected chi connectivity index (χ3v) is 7.62. The van der Waals surface area contributed by atoms with E-state index in [2.05, 4.69) is 15.4 Å². The summed E-state index contributed by atoms with van der Waals surface area (Å²) in [4.78, 5) is 37.7. The number of ether oxygens (including phenoxy) is 2. The van der Waals surface area contributed by atoms with Crippen LogP contribution in [0, 0.1) is 22.0 Å². The number of methoxy groups -OCH3 is 1. The number of nitrogens with zero attached hydrogens (tertiary/aromatic N) is 1. The maximum Gasteiger partial charge on any atom is 0.305 e. The predicted molar refractivity (Wildman–Crippen MR) is 144 cm³/mol. The van der Waals surface area contributed by atoms with Crippen LogP contribution in [-0.2, 0) is 25.7 Å². The van der Waals surface area contributed by atoms with Crippen molar-refractivity contribution < 1.29 is 24.0 Å². The quantitative estimate of drug-likeness (QED) is 0.175. The van der Waals surface area contributed by atoms with Crippen LogP contribution in [0.5, 0.6) is 0 Å². The average molecular weight is 526 g/mol. The smallest absolute Gasteiger partial charge is 0.305 e. The first-order valence-corrected chi connectivity index (χ1v) is 13.2. The minimum Gasteiger partial charge on any atom is -0.469 e. The van der Waals surface area contributed by atoms with Crippen molar-refractivity contribution >= 4 is 11.9 Å². The SMILES string of the molecule is CC[C@H](C)[C@H](OCc1ccccc1)[C@H]1[C@H]([N+](=O)[O-])[C@H](c2ccccc2)N[C@]1(C)C(=O)NCCCC(=O)OC. The van der Waals surface area contributed by atoms with Gasteiger partial charge in [0, 0.05) is 17.9 Å². The number of nitro groups is 1. The Morgan fingerprint density at radius 1 is 1.13 bits per heavy atom. The van der Waals surface area contributed by atoms with Crippen LogP contribution in [0.1, 0.15) is 57.2 Å². The van der Waals surface area contributed by atoms with Crippen LogP contribution in [0.3, 0.4) is 0 Å². The lowest BCUT2D eigenvalue weighted by atomic mass is 9.74. The van der Waals surface area contributed by atoms with Gasteiger partial charge in [-0.1, -0.05) is 80.9 Å². The van der Waals surface area contributed by atoms with E-state index in [4.69, 9.17) is 4.74 Å². The zero-order valence-electron chi connectivity index (χ0n) is 22.6. The largest absolute Gasteiger partial charge is 0.469 e. The number of hydrogen-bond acceptors (Lipinski definition) is 7. The average Bonchev–Trinajstić information content (AvgIpc) is 3.26. The van der Waals surface area contributed by atoms with Gasteiger partial charge in [-0.3, -0.25) is 25.0 Å². The summed E-state index contributed by atoms with van der Waals surface area (Å²) in [6, 6.07) is 17.1. The van der Waals surface area contributed by atoms with E-state index in [9.17, 15) is 19.7 Å². The minimum atomic E-state index is -1.30. The van der Waals surface area contributed by atoms with Crippen molar-refractivity contribution in [2.24, 2.45) is 11.8 Å². The maximum absolute atomic E-state index is 13.8. The second-order valence-corrected chi connectivity index (χ2v) is 10.1. The lowest BCUT2D eigenvalue weighted by Gasteiger charge is -2.37. The molecule has 1 amide bonds. The van der Waals surface area contributed by atoms with Crippen LogP contribution in [0.25, 0.3) is 0 Å². The van der Waals surface area contributed by atoms with Gasteiger partial charge in [0.05, 0.1) is 25.7 Å². The van der Waals surface area contributed by atoms with Crippen molar-refractivity contribution in [1.29, 1.82) is 0 Å². The van der Waals surface area contributed by atoms with E-state index in [1.165, 1.54) is 7.11 Å². The van der Waals surface area contributed by atoms with Crippen molar-refractivity contribution in [3.05, 3.63) is 81.9 Å². The Morgan fingerprint density at radius 2 is 1.76 bits per heavy atom. The molecule has 0 bridgehead atoms. The van der Waals surface area contributed by atoms with Gasteiger partial charge in [0.15, 0.2) is 0 Å². The Morgan fingerprint density at radius 3 is 2.34 bits per heavy atom. The number of benzene rings is 2. The van der Waals surface area contributed by atoms with Crippen LogP contribution in [0.15, 0.2) is 60.7 Å². The topological polar surface area (TPSA) is 120 Å². The number of carbonyl (C=O) groups excluding carboxylic acids is 2. The minimum absolute atomic E-state index is 0.0473. The van der Waals surface area contributed by atoms with Crippen LogP contribution < -0.4 is 10.6 Å². The molecule has 0 saturated carbocycles. The number of rotatable bonds is 13. The van der Waals surface area contributed by atoms with Crippen molar-refractivity contribution in [3.8, 4) is 0 Å². The Labute approximate surface area is 224 Å². The molecule has 0 aliphatic carbocycles. The molecule has 1 aliphatic rings. The molecular formula is C29H39N3O6. The van der Waals surface area contributed by atoms with Gasteiger partial charge < -0.3 is 14.8 Å². The van der Waals surface area contributed by atoms with E-state index in [0.717, 1.165) is 17.5 Å². The second-order valence-electron chi connectivity index (χ2n) is 10.1. The highest BCUT2D eigenvalue weighted by atomic mass is 16.6. The van der Waals surface area contributed by atoms with E-state index in [0.29, 0.717) is 6.42 Å². The number of nitrogens with one attached hydrogen (secondary N) is 2. The number of carbonyl (C=O) groups is 2. The molecule has 9 heteroatoms. The Balaban J connectivity index is 1.98. The number of hydrogen-bond donors (Lipinski definition) is 2. The van der Waals surface area contributed by atoms with Crippen molar-refractivity contribution in [2.75, 3.05) is 13.7 Å². The molecule has 2 N–H and O–H groups in total. The van der Waals surface area contributed by atoms with Crippen molar-refractivity contribution in [2.45, 2.75) is 70.4 Å². The fourth-order valence-electron chi connectivity index (χ4n) is 5.33. The standard InChI is InChI=1S/C29H39N3O6/c1-5-20(2)27(38-19-21-13-8-6-9-14-21)24-26(32(35)36)25(22-15-10-7-11-16-22)31-29(24,3)28(34)30-18-12-17-23(33)37-4/h6-11,13-16,20,24-27,31H,5,12,17-19H2,1-4H3,(H,30,34)/t20-,24+,25-,26-,27-,29-/m0/s1. The van der Waals surface area contributed by atoms with Gasteiger partial charge in [-0.05, 0) is 30.4 Å². The molecule has 0 unspecified atom stereocenters. The van der Waals surface area contributed by atoms with Gasteiger partial charge in [0.2, 0.25) is 11.9 Å². The summed E-state index contributed by atoms with van der Waals surface area (Å²) in [6.07, 6.45) is 0.735. The number of amides is 1. The summed E-state index contributed by atoms with van der Waals surface area (Å²) in [6.45, 7) is 6.29. The normalized spacial score (nSPS) is 24.4. The predicted octanol–water partition coefficient (Wildman–Crippen LogP) is 4.05. The second kappa shape index (κ2) is 13.5. The van der Waals surface area contributed by atoms with E-state index in [1.807, 2.05) is 74.5 Å². The van der Waals surface area contributed by atoms with Gasteiger partial charge >= 0.3 is 5.97 Å². The molecule has 0 spiro atoms. The molecule has 6 atom stereocenters. The fourth-order valence-corrected chi connectivity index (χ4v) is 5.33. The zero-order chi connectivity index (χ0) is 27.7. The molecule has 0 radical (unpaired) electrons. The lowest BCUT2D eigenvalue weighted by molar-refractivity contribution is -0.536. The molecule has 3 rings (SSSR count). The molecule has 2 aromatic carbocycles. The molecule has 1 fully saturated rings. The first kappa shape index (κ1) is 29.3. The van der Waals surface area contributed by atoms with Gasteiger partial charge in [-0.25, -0.2) is 0 Å². The highest BCUT2D eigenvalue weighted by molar-refractivity contribution is 5.87. The first-order chi connectivity index (χ1) is 18.2. The molecule has 206 valence electrons. The van der Waals surface area contributed by atoms with Crippen LogP contribution in [-0.4, -0.2) is 48.1 Å². The van der Waals surface area contributed by atoms with Crippen LogP contribution in [0.2, 0.25) is 0 Å². The summed E-state index contributed by atoms with van der Waals surface area (Å²) in [7, 11) is 1.32. The van der Waals surface area contributed by atoms with Gasteiger partial charge in [-0.15, -0.1) is 0 Å². The van der Waals surface area contributed by atoms with Gasteiger partial charge in [-0.2, -0.15) is 0 Å². The van der Waals surface area contributed by atoms with E-state index >= 15 is 0 Å². The number of esters is 1. The van der Waals surface area contributed by atoms with Crippen molar-refractivity contribution in [1.82, 2.24) is 10.6 Å². The van der Waals surface area contributed by atoms with Gasteiger partial charge in [0.25, 0.3) is 0 Å². The maximum atomic E-state index is 13.8. The fraction of sp³-hybridized carbons (Fsp3) is 0.517. The lowest BCUT2D eigenvalue weighted by Crippen LogP contribution is -2.60. The zero-order valence-corrected chi connectivity index (χ0v) is 22.6. The van der Waals surface area contributed by atoms with Crippen LogP contribution >= 0.6 is 0 Å². The first-order valence-electron chi connectivity index (χ1n) is 13.2. The summed E-state index contributed by atoms with van der Waals surface area (Å²) in [5.74, 6) is -1.52. The van der Waals surface area contributed by atoms with Gasteiger partial charge in [0.1, 0.15) is 11.6 Å². The molecule has 9 nitrogen and oxygen atoms in total. The molecule has 1 aliphatic heterocycles. The molecule has 0 aromatic heterocycles. The van der Waals surface area contributed by atoms with Crippen LogP contribution in [0.4, 0.5) is 0 Å². The summed E-state index contributed by atoms with van der Waals surface area (Å²) >= 11 is 0. The Kier molecular flexibility index (Phi) is 10.4. The molecule has 2 aromatic rings. The molecule has 1 saturated heterocycles. The highest BCUT2D eigenvalue weighted by Crippen LogP contribution is 2.45. The summed E-state index contributed by atoms with van der Waals surface area (Å²) in [5.41, 5.74) is 0.402. The third kappa shape index (κ3) is 6.76. The monoisotopic (exact) mass is 525 g/mol. The highest BCUT2D eigenvalue weighted by Gasteiger charge is 2.64. The van der Waals surface area contributed by atoms with Crippen molar-refractivity contribution in [3.63, 3.8) is 0 Å². The summed E-state index contributed by atoms with van der Waals surface area (Å²) < 4.78 is 11.1.